The lowest BCUT2D eigenvalue weighted by molar-refractivity contribution is 0.102. The molecule has 0 atom stereocenters. The number of benzene rings is 1. The molecule has 0 fully saturated rings. The Hall–Kier alpha value is -0.930. The second-order valence-electron chi connectivity index (χ2n) is 4.34. The highest BCUT2D eigenvalue weighted by Crippen LogP contribution is 2.22. The van der Waals surface area contributed by atoms with Gasteiger partial charge in [-0.3, -0.25) is 4.79 Å². The van der Waals surface area contributed by atoms with Crippen LogP contribution in [0.3, 0.4) is 0 Å². The summed E-state index contributed by atoms with van der Waals surface area (Å²) in [6.07, 6.45) is 1.14. The minimum Gasteiger partial charge on any atom is -0.322 e. The van der Waals surface area contributed by atoms with Gasteiger partial charge in [-0.25, -0.2) is 8.42 Å². The van der Waals surface area contributed by atoms with Crippen molar-refractivity contribution in [2.75, 3.05) is 11.6 Å². The lowest BCUT2D eigenvalue weighted by atomic mass is 10.2. The van der Waals surface area contributed by atoms with Crippen molar-refractivity contribution in [1.82, 2.24) is 0 Å². The minimum absolute atomic E-state index is 0.193. The van der Waals surface area contributed by atoms with Crippen LogP contribution in [0.25, 0.3) is 0 Å². The molecule has 0 unspecified atom stereocenters. The van der Waals surface area contributed by atoms with Crippen LogP contribution in [0.5, 0.6) is 0 Å². The zero-order chi connectivity index (χ0) is 14.9. The predicted molar refractivity (Wildman–Crippen MR) is 89.3 cm³/mol. The lowest BCUT2D eigenvalue weighted by Gasteiger charge is -2.09. The molecule has 1 heterocycles. The fraction of sp³-hybridized carbons (Fsp3) is 0.154. The van der Waals surface area contributed by atoms with Crippen molar-refractivity contribution in [3.8, 4) is 0 Å². The Bertz CT molecular complexity index is 766. The normalized spacial score (nSPS) is 11.3. The molecule has 1 N–H and O–H groups in total. The molecule has 0 aliphatic rings. The second kappa shape index (κ2) is 5.82. The van der Waals surface area contributed by atoms with Gasteiger partial charge in [-0.05, 0) is 53.3 Å². The van der Waals surface area contributed by atoms with Gasteiger partial charge >= 0.3 is 0 Å². The molecule has 0 aliphatic carbocycles. The van der Waals surface area contributed by atoms with Crippen molar-refractivity contribution in [3.63, 3.8) is 0 Å². The second-order valence-corrected chi connectivity index (χ2v) is 9.16. The lowest BCUT2D eigenvalue weighted by Crippen LogP contribution is -2.12. The third-order valence-electron chi connectivity index (χ3n) is 2.72. The average molecular weight is 421 g/mol. The smallest absolute Gasteiger partial charge is 0.256 e. The van der Waals surface area contributed by atoms with E-state index in [0.717, 1.165) is 14.7 Å². The first-order chi connectivity index (χ1) is 9.27. The van der Waals surface area contributed by atoms with Gasteiger partial charge in [0.15, 0.2) is 9.84 Å². The summed E-state index contributed by atoms with van der Waals surface area (Å²) in [6, 6.07) is 6.49. The SMILES string of the molecule is Cc1ccc(S(C)(=O)=O)cc1NC(=O)c1csc(I)c1. The molecule has 4 nitrogen and oxygen atoms in total. The third kappa shape index (κ3) is 3.58. The Morgan fingerprint density at radius 3 is 2.55 bits per heavy atom. The van der Waals surface area contributed by atoms with Crippen LogP contribution in [0.2, 0.25) is 0 Å². The van der Waals surface area contributed by atoms with Crippen LogP contribution < -0.4 is 5.32 Å². The van der Waals surface area contributed by atoms with E-state index in [1.165, 1.54) is 23.5 Å². The van der Waals surface area contributed by atoms with E-state index in [-0.39, 0.29) is 10.8 Å². The molecule has 0 radical (unpaired) electrons. The van der Waals surface area contributed by atoms with Gasteiger partial charge in [0.25, 0.3) is 5.91 Å². The molecule has 0 spiro atoms. The Labute approximate surface area is 135 Å². The number of halogens is 1. The summed E-state index contributed by atoms with van der Waals surface area (Å²) >= 11 is 3.63. The first-order valence-electron chi connectivity index (χ1n) is 5.63. The van der Waals surface area contributed by atoms with E-state index in [0.29, 0.717) is 11.3 Å². The number of nitrogens with one attached hydrogen (secondary N) is 1. The van der Waals surface area contributed by atoms with Crippen LogP contribution in [0, 0.1) is 9.81 Å². The van der Waals surface area contributed by atoms with Gasteiger partial charge in [0.1, 0.15) is 0 Å². The zero-order valence-electron chi connectivity index (χ0n) is 10.8. The zero-order valence-corrected chi connectivity index (χ0v) is 14.6. The summed E-state index contributed by atoms with van der Waals surface area (Å²) in [6.45, 7) is 1.82. The summed E-state index contributed by atoms with van der Waals surface area (Å²) < 4.78 is 24.1. The van der Waals surface area contributed by atoms with Crippen molar-refractivity contribution in [3.05, 3.63) is 43.7 Å². The molecule has 1 aromatic heterocycles. The summed E-state index contributed by atoms with van der Waals surface area (Å²) in [5, 5.41) is 4.52. The van der Waals surface area contributed by atoms with Gasteiger partial charge in [-0.2, -0.15) is 0 Å². The third-order valence-corrected chi connectivity index (χ3v) is 5.61. The Morgan fingerprint density at radius 1 is 1.30 bits per heavy atom. The molecule has 1 aromatic carbocycles. The highest BCUT2D eigenvalue weighted by molar-refractivity contribution is 14.1. The summed E-state index contributed by atoms with van der Waals surface area (Å²) in [7, 11) is -3.29. The largest absolute Gasteiger partial charge is 0.322 e. The van der Waals surface area contributed by atoms with Gasteiger partial charge in [0.05, 0.1) is 13.3 Å². The first-order valence-corrected chi connectivity index (χ1v) is 9.48. The van der Waals surface area contributed by atoms with E-state index in [2.05, 4.69) is 27.9 Å². The molecule has 2 aromatic rings. The van der Waals surface area contributed by atoms with Crippen LogP contribution in [0.15, 0.2) is 34.5 Å². The fourth-order valence-corrected chi connectivity index (χ4v) is 3.56. The van der Waals surface area contributed by atoms with Crippen molar-refractivity contribution in [1.29, 1.82) is 0 Å². The maximum Gasteiger partial charge on any atom is 0.256 e. The number of rotatable bonds is 3. The first kappa shape index (κ1) is 15.5. The van der Waals surface area contributed by atoms with Crippen molar-refractivity contribution in [2.45, 2.75) is 11.8 Å². The van der Waals surface area contributed by atoms with E-state index in [4.69, 9.17) is 0 Å². The molecule has 1 amide bonds. The molecule has 7 heteroatoms. The maximum absolute atomic E-state index is 12.1. The summed E-state index contributed by atoms with van der Waals surface area (Å²) in [4.78, 5) is 12.3. The minimum atomic E-state index is -3.29. The number of amides is 1. The quantitative estimate of drug-likeness (QED) is 0.774. The number of thiophene rings is 1. The summed E-state index contributed by atoms with van der Waals surface area (Å²) in [5.74, 6) is -0.238. The molecule has 20 heavy (non-hydrogen) atoms. The van der Waals surface area contributed by atoms with Crippen molar-refractivity contribution in [2.24, 2.45) is 0 Å². The van der Waals surface area contributed by atoms with Crippen LogP contribution in [0.1, 0.15) is 15.9 Å². The fourth-order valence-electron chi connectivity index (χ4n) is 1.59. The highest BCUT2D eigenvalue weighted by atomic mass is 127. The monoisotopic (exact) mass is 421 g/mol. The topological polar surface area (TPSA) is 63.2 Å². The standard InChI is InChI=1S/C13H12INO3S2/c1-8-3-4-10(20(2,17)18)6-11(8)15-13(16)9-5-12(14)19-7-9/h3-7H,1-2H3,(H,15,16). The Kier molecular flexibility index (Phi) is 4.50. The Balaban J connectivity index is 2.31. The van der Waals surface area contributed by atoms with Crippen LogP contribution in [-0.2, 0) is 9.84 Å². The molecule has 2 rings (SSSR count). The number of hydrogen-bond donors (Lipinski definition) is 1. The van der Waals surface area contributed by atoms with Crippen molar-refractivity contribution < 1.29 is 13.2 Å². The van der Waals surface area contributed by atoms with Gasteiger partial charge in [-0.15, -0.1) is 11.3 Å². The number of sulfone groups is 1. The van der Waals surface area contributed by atoms with Gasteiger partial charge in [-0.1, -0.05) is 6.07 Å². The summed E-state index contributed by atoms with van der Waals surface area (Å²) in [5.41, 5.74) is 1.90. The van der Waals surface area contributed by atoms with Gasteiger partial charge in [0.2, 0.25) is 0 Å². The van der Waals surface area contributed by atoms with Crippen LogP contribution >= 0.6 is 33.9 Å². The van der Waals surface area contributed by atoms with Crippen LogP contribution in [-0.4, -0.2) is 20.6 Å². The van der Waals surface area contributed by atoms with E-state index in [9.17, 15) is 13.2 Å². The molecule has 0 aliphatic heterocycles. The maximum atomic E-state index is 12.1. The van der Waals surface area contributed by atoms with E-state index in [1.807, 2.05) is 6.92 Å². The predicted octanol–water partition coefficient (Wildman–Crippen LogP) is 3.32. The Morgan fingerprint density at radius 2 is 2.00 bits per heavy atom. The van der Waals surface area contributed by atoms with E-state index >= 15 is 0 Å². The molecular formula is C13H12INO3S2. The molecular weight excluding hydrogens is 409 g/mol. The molecule has 0 saturated carbocycles. The van der Waals surface area contributed by atoms with Gasteiger partial charge in [0, 0.05) is 17.3 Å². The van der Waals surface area contributed by atoms with Gasteiger partial charge < -0.3 is 5.32 Å². The number of carbonyl (C=O) groups excluding carboxylic acids is 1. The van der Waals surface area contributed by atoms with Crippen LogP contribution in [0.4, 0.5) is 5.69 Å². The number of carbonyl (C=O) groups is 1. The highest BCUT2D eigenvalue weighted by Gasteiger charge is 2.13. The molecule has 0 bridgehead atoms. The number of anilines is 1. The molecule has 106 valence electrons. The van der Waals surface area contributed by atoms with E-state index in [1.54, 1.807) is 17.5 Å². The van der Waals surface area contributed by atoms with E-state index < -0.39 is 9.84 Å². The van der Waals surface area contributed by atoms with Crippen molar-refractivity contribution >= 4 is 55.4 Å². The molecule has 0 saturated heterocycles. The average Bonchev–Trinajstić information content (AvgIpc) is 2.77. The number of hydrogen-bond acceptors (Lipinski definition) is 4. The number of aryl methyl sites for hydroxylation is 1.